The topological polar surface area (TPSA) is 52.6 Å². The van der Waals surface area contributed by atoms with Crippen molar-refractivity contribution < 1.29 is 19.1 Å². The van der Waals surface area contributed by atoms with Gasteiger partial charge in [-0.2, -0.15) is 0 Å². The van der Waals surface area contributed by atoms with Crippen LogP contribution in [0.2, 0.25) is 0 Å². The van der Waals surface area contributed by atoms with Crippen molar-refractivity contribution in [1.82, 2.24) is 0 Å². The second-order valence-corrected chi connectivity index (χ2v) is 5.35. The van der Waals surface area contributed by atoms with E-state index in [0.717, 1.165) is 0 Å². The SMILES string of the molecule is COc1ccc2c(c1)C(=O)C1=C(OC(C)(C)C=C1)C2=O. The third-order valence-corrected chi connectivity index (χ3v) is 3.43. The predicted octanol–water partition coefficient (Wildman–Crippen LogP) is 2.69. The predicted molar refractivity (Wildman–Crippen MR) is 73.0 cm³/mol. The third kappa shape index (κ3) is 1.76. The molecule has 0 N–H and O–H groups in total. The van der Waals surface area contributed by atoms with Crippen LogP contribution in [0.4, 0.5) is 0 Å². The van der Waals surface area contributed by atoms with E-state index >= 15 is 0 Å². The summed E-state index contributed by atoms with van der Waals surface area (Å²) in [6.07, 6.45) is 3.45. The fourth-order valence-electron chi connectivity index (χ4n) is 2.36. The molecular formula is C16H14O4. The molecule has 0 atom stereocenters. The molecule has 2 aliphatic rings. The fraction of sp³-hybridized carbons (Fsp3) is 0.250. The summed E-state index contributed by atoms with van der Waals surface area (Å²) in [5.74, 6) is 0.227. The maximum absolute atomic E-state index is 12.5. The van der Waals surface area contributed by atoms with E-state index in [1.165, 1.54) is 7.11 Å². The molecule has 1 heterocycles. The molecule has 20 heavy (non-hydrogen) atoms. The largest absolute Gasteiger partial charge is 0.497 e. The van der Waals surface area contributed by atoms with E-state index in [2.05, 4.69) is 0 Å². The van der Waals surface area contributed by atoms with Gasteiger partial charge in [0.1, 0.15) is 11.4 Å². The first-order valence-corrected chi connectivity index (χ1v) is 6.33. The van der Waals surface area contributed by atoms with Crippen LogP contribution in [0.1, 0.15) is 34.6 Å². The van der Waals surface area contributed by atoms with Crippen molar-refractivity contribution >= 4 is 11.6 Å². The number of hydrogen-bond acceptors (Lipinski definition) is 4. The van der Waals surface area contributed by atoms with Crippen molar-refractivity contribution in [2.24, 2.45) is 0 Å². The van der Waals surface area contributed by atoms with Crippen LogP contribution in [-0.4, -0.2) is 24.3 Å². The summed E-state index contributed by atoms with van der Waals surface area (Å²) >= 11 is 0. The van der Waals surface area contributed by atoms with Crippen molar-refractivity contribution in [3.05, 3.63) is 52.8 Å². The lowest BCUT2D eigenvalue weighted by atomic mass is 9.85. The minimum absolute atomic E-state index is 0.139. The van der Waals surface area contributed by atoms with E-state index in [-0.39, 0.29) is 17.3 Å². The average molecular weight is 270 g/mol. The summed E-state index contributed by atoms with van der Waals surface area (Å²) in [7, 11) is 1.52. The standard InChI is InChI=1S/C16H14O4/c1-16(2)7-6-11-13(17)12-8-9(19-3)4-5-10(12)14(18)15(11)20-16/h4-8H,1-3H3. The Morgan fingerprint density at radius 1 is 1.10 bits per heavy atom. The Labute approximate surface area is 116 Å². The molecule has 0 bridgehead atoms. The zero-order chi connectivity index (χ0) is 14.5. The van der Waals surface area contributed by atoms with Crippen LogP contribution in [0.3, 0.4) is 0 Å². The minimum Gasteiger partial charge on any atom is -0.497 e. The van der Waals surface area contributed by atoms with Crippen LogP contribution in [0.15, 0.2) is 41.7 Å². The van der Waals surface area contributed by atoms with Crippen LogP contribution < -0.4 is 4.74 Å². The quantitative estimate of drug-likeness (QED) is 0.787. The molecule has 0 aromatic heterocycles. The average Bonchev–Trinajstić information content (AvgIpc) is 2.43. The van der Waals surface area contributed by atoms with Crippen LogP contribution in [0, 0.1) is 0 Å². The van der Waals surface area contributed by atoms with Gasteiger partial charge in [0.25, 0.3) is 0 Å². The van der Waals surface area contributed by atoms with Gasteiger partial charge in [-0.1, -0.05) is 0 Å². The maximum atomic E-state index is 12.5. The highest BCUT2D eigenvalue weighted by Gasteiger charge is 2.37. The molecule has 4 heteroatoms. The molecule has 0 spiro atoms. The minimum atomic E-state index is -0.585. The van der Waals surface area contributed by atoms with Crippen LogP contribution in [0.5, 0.6) is 5.75 Å². The zero-order valence-electron chi connectivity index (χ0n) is 11.5. The lowest BCUT2D eigenvalue weighted by Crippen LogP contribution is -2.32. The number of hydrogen-bond donors (Lipinski definition) is 0. The summed E-state index contributed by atoms with van der Waals surface area (Å²) in [5.41, 5.74) is 0.454. The highest BCUT2D eigenvalue weighted by molar-refractivity contribution is 6.27. The second-order valence-electron chi connectivity index (χ2n) is 5.35. The van der Waals surface area contributed by atoms with Gasteiger partial charge in [0, 0.05) is 11.1 Å². The Morgan fingerprint density at radius 2 is 1.85 bits per heavy atom. The van der Waals surface area contributed by atoms with Crippen LogP contribution >= 0.6 is 0 Å². The number of Topliss-reactive ketones (excluding diaryl/α,β-unsaturated/α-hetero) is 2. The van der Waals surface area contributed by atoms with Gasteiger partial charge in [0.2, 0.25) is 5.78 Å². The molecule has 1 aliphatic carbocycles. The number of carbonyl (C=O) groups excluding carboxylic acids is 2. The van der Waals surface area contributed by atoms with Crippen molar-refractivity contribution in [2.75, 3.05) is 7.11 Å². The first-order chi connectivity index (χ1) is 9.43. The Bertz CT molecular complexity index is 692. The van der Waals surface area contributed by atoms with Gasteiger partial charge < -0.3 is 9.47 Å². The van der Waals surface area contributed by atoms with Gasteiger partial charge in [-0.3, -0.25) is 9.59 Å². The molecule has 4 nitrogen and oxygen atoms in total. The highest BCUT2D eigenvalue weighted by atomic mass is 16.5. The molecule has 0 saturated carbocycles. The fourth-order valence-corrected chi connectivity index (χ4v) is 2.36. The van der Waals surface area contributed by atoms with Crippen molar-refractivity contribution in [2.45, 2.75) is 19.4 Å². The van der Waals surface area contributed by atoms with Gasteiger partial charge in [0.15, 0.2) is 11.5 Å². The smallest absolute Gasteiger partial charge is 0.229 e. The van der Waals surface area contributed by atoms with Gasteiger partial charge in [-0.15, -0.1) is 0 Å². The number of fused-ring (bicyclic) bond motifs is 1. The molecule has 3 rings (SSSR count). The Kier molecular flexibility index (Phi) is 2.57. The van der Waals surface area contributed by atoms with Gasteiger partial charge in [-0.05, 0) is 44.2 Å². The number of carbonyl (C=O) groups is 2. The number of methoxy groups -OCH3 is 1. The molecule has 0 radical (unpaired) electrons. The lowest BCUT2D eigenvalue weighted by molar-refractivity contribution is 0.0544. The van der Waals surface area contributed by atoms with E-state index < -0.39 is 5.60 Å². The number of allylic oxidation sites excluding steroid dienone is 3. The molecule has 1 aliphatic heterocycles. The summed E-state index contributed by atoms with van der Waals surface area (Å²) in [5, 5.41) is 0. The summed E-state index contributed by atoms with van der Waals surface area (Å²) < 4.78 is 10.8. The van der Waals surface area contributed by atoms with Crippen molar-refractivity contribution in [1.29, 1.82) is 0 Å². The van der Waals surface area contributed by atoms with Crippen molar-refractivity contribution in [3.8, 4) is 5.75 Å². The van der Waals surface area contributed by atoms with E-state index in [4.69, 9.17) is 9.47 Å². The van der Waals surface area contributed by atoms with Crippen LogP contribution in [-0.2, 0) is 4.74 Å². The number of ether oxygens (including phenoxy) is 2. The molecule has 0 amide bonds. The monoisotopic (exact) mass is 270 g/mol. The summed E-state index contributed by atoms with van der Waals surface area (Å²) in [4.78, 5) is 25.0. The van der Waals surface area contributed by atoms with Crippen LogP contribution in [0.25, 0.3) is 0 Å². The van der Waals surface area contributed by atoms with E-state index in [1.807, 2.05) is 13.8 Å². The van der Waals surface area contributed by atoms with E-state index in [9.17, 15) is 9.59 Å². The molecular weight excluding hydrogens is 256 g/mol. The summed E-state index contributed by atoms with van der Waals surface area (Å²) in [6.45, 7) is 3.68. The van der Waals surface area contributed by atoms with Gasteiger partial charge in [-0.25, -0.2) is 0 Å². The first kappa shape index (κ1) is 12.7. The second kappa shape index (κ2) is 4.07. The van der Waals surface area contributed by atoms with E-state index in [1.54, 1.807) is 30.4 Å². The number of benzene rings is 1. The Morgan fingerprint density at radius 3 is 2.55 bits per heavy atom. The normalized spacial score (nSPS) is 19.4. The molecule has 0 fully saturated rings. The third-order valence-electron chi connectivity index (χ3n) is 3.43. The molecule has 0 unspecified atom stereocenters. The maximum Gasteiger partial charge on any atom is 0.229 e. The summed E-state index contributed by atoms with van der Waals surface area (Å²) in [6, 6.07) is 4.86. The number of rotatable bonds is 1. The van der Waals surface area contributed by atoms with Gasteiger partial charge in [0.05, 0.1) is 12.7 Å². The molecule has 1 aromatic carbocycles. The number of ketones is 2. The molecule has 1 aromatic rings. The Balaban J connectivity index is 2.16. The Hall–Kier alpha value is -2.36. The lowest BCUT2D eigenvalue weighted by Gasteiger charge is -2.31. The van der Waals surface area contributed by atoms with Gasteiger partial charge >= 0.3 is 0 Å². The molecule has 102 valence electrons. The molecule has 0 saturated heterocycles. The van der Waals surface area contributed by atoms with E-state index in [0.29, 0.717) is 22.4 Å². The van der Waals surface area contributed by atoms with Crippen molar-refractivity contribution in [3.63, 3.8) is 0 Å². The zero-order valence-corrected chi connectivity index (χ0v) is 11.5. The highest BCUT2D eigenvalue weighted by Crippen LogP contribution is 2.35. The first-order valence-electron chi connectivity index (χ1n) is 6.33.